The van der Waals surface area contributed by atoms with E-state index < -0.39 is 0 Å². The number of Topliss-reactive ketones (excluding diaryl/α,β-unsaturated/α-hetero) is 1. The van der Waals surface area contributed by atoms with Crippen molar-refractivity contribution < 1.29 is 9.53 Å². The van der Waals surface area contributed by atoms with Gasteiger partial charge in [-0.2, -0.15) is 5.10 Å². The predicted octanol–water partition coefficient (Wildman–Crippen LogP) is 2.78. The van der Waals surface area contributed by atoms with Crippen LogP contribution in [-0.4, -0.2) is 22.7 Å². The minimum absolute atomic E-state index is 0.161. The van der Waals surface area contributed by atoms with Crippen molar-refractivity contribution in [2.75, 3.05) is 7.11 Å². The summed E-state index contributed by atoms with van der Waals surface area (Å²) >= 11 is 0. The fraction of sp³-hybridized carbons (Fsp3) is 0.353. The van der Waals surface area contributed by atoms with E-state index in [1.54, 1.807) is 13.2 Å². The maximum Gasteiger partial charge on any atom is 0.277 e. The van der Waals surface area contributed by atoms with E-state index >= 15 is 0 Å². The molecule has 0 amide bonds. The molecule has 5 heteroatoms. The summed E-state index contributed by atoms with van der Waals surface area (Å²) in [5.74, 6) is 0.699. The van der Waals surface area contributed by atoms with E-state index in [0.29, 0.717) is 18.0 Å². The van der Waals surface area contributed by atoms with Crippen LogP contribution in [0.5, 0.6) is 5.75 Å². The van der Waals surface area contributed by atoms with Gasteiger partial charge in [0.05, 0.1) is 18.4 Å². The highest BCUT2D eigenvalue weighted by Gasteiger charge is 2.14. The molecule has 0 saturated heterocycles. The van der Waals surface area contributed by atoms with Crippen LogP contribution < -0.4 is 10.3 Å². The number of carbonyl (C=O) groups is 1. The van der Waals surface area contributed by atoms with Gasteiger partial charge in [-0.15, -0.1) is 0 Å². The van der Waals surface area contributed by atoms with E-state index in [1.807, 2.05) is 38.1 Å². The van der Waals surface area contributed by atoms with Gasteiger partial charge in [0, 0.05) is 12.1 Å². The molecule has 0 spiro atoms. The van der Waals surface area contributed by atoms with Crippen LogP contribution in [-0.2, 0) is 6.54 Å². The molecule has 2 rings (SSSR count). The lowest BCUT2D eigenvalue weighted by molar-refractivity contribution is 0.101. The molecular formula is C17H20N2O3. The number of methoxy groups -OCH3 is 1. The van der Waals surface area contributed by atoms with Crippen molar-refractivity contribution in [2.24, 2.45) is 5.92 Å². The Hall–Kier alpha value is -2.43. The molecule has 116 valence electrons. The number of hydrogen-bond acceptors (Lipinski definition) is 4. The molecule has 0 radical (unpaired) electrons. The quantitative estimate of drug-likeness (QED) is 0.797. The molecule has 0 unspecified atom stereocenters. The Morgan fingerprint density at radius 3 is 2.64 bits per heavy atom. The van der Waals surface area contributed by atoms with Crippen molar-refractivity contribution in [3.8, 4) is 17.0 Å². The number of benzene rings is 1. The predicted molar refractivity (Wildman–Crippen MR) is 85.3 cm³/mol. The van der Waals surface area contributed by atoms with Gasteiger partial charge in [0.25, 0.3) is 5.56 Å². The van der Waals surface area contributed by atoms with Crippen molar-refractivity contribution in [3.05, 3.63) is 46.2 Å². The molecule has 1 aromatic carbocycles. The lowest BCUT2D eigenvalue weighted by Gasteiger charge is -2.12. The molecule has 0 bridgehead atoms. The minimum atomic E-state index is -0.340. The zero-order valence-electron chi connectivity index (χ0n) is 13.3. The topological polar surface area (TPSA) is 61.2 Å². The molecule has 0 aliphatic carbocycles. The zero-order chi connectivity index (χ0) is 16.3. The number of hydrogen-bond donors (Lipinski definition) is 0. The van der Waals surface area contributed by atoms with Crippen molar-refractivity contribution in [3.63, 3.8) is 0 Å². The first-order valence-electron chi connectivity index (χ1n) is 7.20. The molecule has 5 nitrogen and oxygen atoms in total. The number of nitrogens with zero attached hydrogens (tertiary/aromatic N) is 2. The fourth-order valence-corrected chi connectivity index (χ4v) is 2.19. The summed E-state index contributed by atoms with van der Waals surface area (Å²) in [7, 11) is 1.59. The molecule has 0 fully saturated rings. The number of aromatic nitrogens is 2. The molecule has 1 aromatic heterocycles. The van der Waals surface area contributed by atoms with Crippen LogP contribution >= 0.6 is 0 Å². The summed E-state index contributed by atoms with van der Waals surface area (Å²) < 4.78 is 6.58. The molecular weight excluding hydrogens is 280 g/mol. The molecule has 22 heavy (non-hydrogen) atoms. The van der Waals surface area contributed by atoms with Crippen molar-refractivity contribution in [1.82, 2.24) is 9.78 Å². The van der Waals surface area contributed by atoms with Crippen LogP contribution in [0.2, 0.25) is 0 Å². The first-order chi connectivity index (χ1) is 10.4. The third-order valence-electron chi connectivity index (χ3n) is 3.26. The second kappa shape index (κ2) is 6.56. The fourth-order valence-electron chi connectivity index (χ4n) is 2.19. The summed E-state index contributed by atoms with van der Waals surface area (Å²) in [6.07, 6.45) is 0. The van der Waals surface area contributed by atoms with E-state index in [1.165, 1.54) is 11.6 Å². The molecule has 2 aromatic rings. The van der Waals surface area contributed by atoms with Gasteiger partial charge in [-0.25, -0.2) is 4.68 Å². The highest BCUT2D eigenvalue weighted by molar-refractivity contribution is 5.94. The Morgan fingerprint density at radius 1 is 1.32 bits per heavy atom. The molecule has 0 aliphatic rings. The molecule has 0 atom stereocenters. The lowest BCUT2D eigenvalue weighted by Crippen LogP contribution is -2.29. The van der Waals surface area contributed by atoms with Gasteiger partial charge < -0.3 is 4.74 Å². The van der Waals surface area contributed by atoms with Crippen LogP contribution in [0, 0.1) is 5.92 Å². The standard InChI is InChI=1S/C17H20N2O3/c1-11(2)10-19-17(21)15(12(3)20)9-16(18-19)13-6-5-7-14(8-13)22-4/h5-9,11H,10H2,1-4H3. The number of ether oxygens (including phenoxy) is 1. The first-order valence-corrected chi connectivity index (χ1v) is 7.20. The average Bonchev–Trinajstić information content (AvgIpc) is 2.48. The van der Waals surface area contributed by atoms with Gasteiger partial charge in [-0.1, -0.05) is 26.0 Å². The second-order valence-electron chi connectivity index (χ2n) is 5.61. The maximum absolute atomic E-state index is 12.3. The highest BCUT2D eigenvalue weighted by Crippen LogP contribution is 2.22. The second-order valence-corrected chi connectivity index (χ2v) is 5.61. The highest BCUT2D eigenvalue weighted by atomic mass is 16.5. The van der Waals surface area contributed by atoms with Gasteiger partial charge in [0.15, 0.2) is 5.78 Å². The van der Waals surface area contributed by atoms with Crippen molar-refractivity contribution in [2.45, 2.75) is 27.3 Å². The van der Waals surface area contributed by atoms with Gasteiger partial charge in [0.2, 0.25) is 0 Å². The van der Waals surface area contributed by atoms with Gasteiger partial charge in [0.1, 0.15) is 5.75 Å². The number of rotatable bonds is 5. The molecule has 0 saturated carbocycles. The normalized spacial score (nSPS) is 10.8. The summed E-state index contributed by atoms with van der Waals surface area (Å²) in [5, 5.41) is 4.40. The summed E-state index contributed by atoms with van der Waals surface area (Å²) in [4.78, 5) is 24.1. The lowest BCUT2D eigenvalue weighted by atomic mass is 10.1. The van der Waals surface area contributed by atoms with Crippen LogP contribution in [0.1, 0.15) is 31.1 Å². The van der Waals surface area contributed by atoms with Gasteiger partial charge >= 0.3 is 0 Å². The Labute approximate surface area is 129 Å². The largest absolute Gasteiger partial charge is 0.497 e. The monoisotopic (exact) mass is 300 g/mol. The van der Waals surface area contributed by atoms with E-state index in [-0.39, 0.29) is 22.8 Å². The summed E-state index contributed by atoms with van der Waals surface area (Å²) in [6.45, 7) is 5.86. The summed E-state index contributed by atoms with van der Waals surface area (Å²) in [6, 6.07) is 8.94. The third kappa shape index (κ3) is 3.42. The van der Waals surface area contributed by atoms with E-state index in [9.17, 15) is 9.59 Å². The number of ketones is 1. The zero-order valence-corrected chi connectivity index (χ0v) is 13.3. The average molecular weight is 300 g/mol. The van der Waals surface area contributed by atoms with E-state index in [2.05, 4.69) is 5.10 Å². The minimum Gasteiger partial charge on any atom is -0.497 e. The van der Waals surface area contributed by atoms with Crippen molar-refractivity contribution >= 4 is 5.78 Å². The van der Waals surface area contributed by atoms with Crippen LogP contribution in [0.25, 0.3) is 11.3 Å². The molecule has 1 heterocycles. The SMILES string of the molecule is COc1cccc(-c2cc(C(C)=O)c(=O)n(CC(C)C)n2)c1. The Bertz CT molecular complexity index is 748. The summed E-state index contributed by atoms with van der Waals surface area (Å²) in [5.41, 5.74) is 1.21. The molecule has 0 N–H and O–H groups in total. The van der Waals surface area contributed by atoms with Crippen molar-refractivity contribution in [1.29, 1.82) is 0 Å². The van der Waals surface area contributed by atoms with Crippen LogP contribution in [0.3, 0.4) is 0 Å². The number of carbonyl (C=O) groups excluding carboxylic acids is 1. The Balaban J connectivity index is 2.62. The first kappa shape index (κ1) is 15.9. The van der Waals surface area contributed by atoms with Gasteiger partial charge in [-0.05, 0) is 31.0 Å². The Morgan fingerprint density at radius 2 is 2.05 bits per heavy atom. The van der Waals surface area contributed by atoms with E-state index in [0.717, 1.165) is 5.56 Å². The maximum atomic E-state index is 12.3. The van der Waals surface area contributed by atoms with Crippen LogP contribution in [0.4, 0.5) is 0 Å². The van der Waals surface area contributed by atoms with Crippen LogP contribution in [0.15, 0.2) is 35.1 Å². The Kier molecular flexibility index (Phi) is 4.75. The third-order valence-corrected chi connectivity index (χ3v) is 3.26. The molecule has 0 aliphatic heterocycles. The van der Waals surface area contributed by atoms with Gasteiger partial charge in [-0.3, -0.25) is 9.59 Å². The van der Waals surface area contributed by atoms with E-state index in [4.69, 9.17) is 4.74 Å². The smallest absolute Gasteiger partial charge is 0.277 e.